The first-order valence-electron chi connectivity index (χ1n) is 11.2. The van der Waals surface area contributed by atoms with Crippen LogP contribution in [0.15, 0.2) is 30.3 Å². The van der Waals surface area contributed by atoms with Crippen molar-refractivity contribution in [3.05, 3.63) is 35.9 Å². The fraction of sp³-hybridized carbons (Fsp3) is 0.667. The molecule has 2 aliphatic rings. The number of nitrogens with zero attached hydrogens (tertiary/aromatic N) is 2. The molecule has 2 fully saturated rings. The number of likely N-dealkylation sites (tertiary alicyclic amines) is 1. The Morgan fingerprint density at radius 1 is 1.10 bits per heavy atom. The molecule has 30 heavy (non-hydrogen) atoms. The largest absolute Gasteiger partial charge is 0.444 e. The Morgan fingerprint density at radius 3 is 2.40 bits per heavy atom. The van der Waals surface area contributed by atoms with Crippen molar-refractivity contribution in [2.24, 2.45) is 0 Å². The highest BCUT2D eigenvalue weighted by atomic mass is 16.6. The van der Waals surface area contributed by atoms with Gasteiger partial charge in [-0.1, -0.05) is 44.2 Å². The second-order valence-electron chi connectivity index (χ2n) is 8.94. The highest BCUT2D eigenvalue weighted by Crippen LogP contribution is 2.37. The summed E-state index contributed by atoms with van der Waals surface area (Å²) in [5.41, 5.74) is 0.0531. The molecule has 2 atom stereocenters. The quantitative estimate of drug-likeness (QED) is 0.611. The standard InChI is InChI=1S/C22H32N2O4.C2H6/c1-17(18-10-6-5-7-11-18)24-16-22(28-20(24)26)12-8-9-14-23(15-13-22)19(25)27-21(2,3)4;1-2/h5-7,10-11,17H,8-9,12-16H2,1-4H3;1-2H3/t17-,22?;/m1./s1. The molecule has 0 aliphatic carbocycles. The lowest BCUT2D eigenvalue weighted by Crippen LogP contribution is -2.44. The molecule has 2 saturated heterocycles. The lowest BCUT2D eigenvalue weighted by atomic mass is 9.90. The molecule has 168 valence electrons. The summed E-state index contributed by atoms with van der Waals surface area (Å²) < 4.78 is 11.4. The smallest absolute Gasteiger partial charge is 0.411 e. The van der Waals surface area contributed by atoms with E-state index < -0.39 is 11.2 Å². The molecular formula is C24H38N2O4. The summed E-state index contributed by atoms with van der Waals surface area (Å²) in [6.07, 6.45) is 2.71. The molecule has 1 aromatic rings. The Labute approximate surface area is 181 Å². The van der Waals surface area contributed by atoms with Gasteiger partial charge in [-0.3, -0.25) is 4.90 Å². The summed E-state index contributed by atoms with van der Waals surface area (Å²) in [6, 6.07) is 9.96. The van der Waals surface area contributed by atoms with Gasteiger partial charge >= 0.3 is 12.2 Å². The van der Waals surface area contributed by atoms with Crippen molar-refractivity contribution in [3.8, 4) is 0 Å². The van der Waals surface area contributed by atoms with Gasteiger partial charge in [0.05, 0.1) is 12.6 Å². The van der Waals surface area contributed by atoms with Crippen LogP contribution in [-0.4, -0.2) is 52.8 Å². The van der Waals surface area contributed by atoms with E-state index >= 15 is 0 Å². The molecule has 1 aromatic carbocycles. The summed E-state index contributed by atoms with van der Waals surface area (Å²) in [4.78, 5) is 28.7. The number of rotatable bonds is 2. The Hall–Kier alpha value is -2.24. The molecule has 6 heteroatoms. The third-order valence-electron chi connectivity index (χ3n) is 5.55. The maximum atomic E-state index is 12.7. The van der Waals surface area contributed by atoms with Crippen molar-refractivity contribution in [2.45, 2.75) is 84.5 Å². The van der Waals surface area contributed by atoms with Gasteiger partial charge in [-0.15, -0.1) is 0 Å². The number of hydrogen-bond donors (Lipinski definition) is 0. The van der Waals surface area contributed by atoms with Crippen LogP contribution < -0.4 is 0 Å². The average molecular weight is 419 g/mol. The minimum Gasteiger partial charge on any atom is -0.444 e. The molecule has 2 amide bonds. The van der Waals surface area contributed by atoms with Crippen LogP contribution in [0.1, 0.15) is 78.8 Å². The van der Waals surface area contributed by atoms with E-state index in [9.17, 15) is 9.59 Å². The third kappa shape index (κ3) is 6.13. The second kappa shape index (κ2) is 10.2. The number of carbonyl (C=O) groups is 2. The van der Waals surface area contributed by atoms with Gasteiger partial charge in [0.2, 0.25) is 0 Å². The highest BCUT2D eigenvalue weighted by Gasteiger charge is 2.47. The molecule has 2 heterocycles. The highest BCUT2D eigenvalue weighted by molar-refractivity contribution is 5.71. The van der Waals surface area contributed by atoms with E-state index in [1.807, 2.05) is 76.8 Å². The van der Waals surface area contributed by atoms with Gasteiger partial charge in [0.25, 0.3) is 0 Å². The van der Waals surface area contributed by atoms with Crippen molar-refractivity contribution < 1.29 is 19.1 Å². The van der Waals surface area contributed by atoms with Crippen LogP contribution >= 0.6 is 0 Å². The van der Waals surface area contributed by atoms with Crippen LogP contribution in [0.5, 0.6) is 0 Å². The van der Waals surface area contributed by atoms with Crippen LogP contribution in [0.3, 0.4) is 0 Å². The lowest BCUT2D eigenvalue weighted by Gasteiger charge is -2.34. The van der Waals surface area contributed by atoms with E-state index in [4.69, 9.17) is 9.47 Å². The van der Waals surface area contributed by atoms with Crippen LogP contribution in [0.2, 0.25) is 0 Å². The summed E-state index contributed by atoms with van der Waals surface area (Å²) >= 11 is 0. The molecule has 0 saturated carbocycles. The van der Waals surface area contributed by atoms with E-state index in [1.54, 1.807) is 4.90 Å². The van der Waals surface area contributed by atoms with E-state index in [0.717, 1.165) is 24.8 Å². The number of ether oxygens (including phenoxy) is 2. The Morgan fingerprint density at radius 2 is 1.77 bits per heavy atom. The first-order valence-corrected chi connectivity index (χ1v) is 11.2. The van der Waals surface area contributed by atoms with Gasteiger partial charge in [-0.05, 0) is 52.5 Å². The third-order valence-corrected chi connectivity index (χ3v) is 5.55. The predicted molar refractivity (Wildman–Crippen MR) is 118 cm³/mol. The number of amides is 2. The van der Waals surface area contributed by atoms with Crippen molar-refractivity contribution in [1.29, 1.82) is 0 Å². The Bertz CT molecular complexity index is 701. The second-order valence-corrected chi connectivity index (χ2v) is 8.94. The van der Waals surface area contributed by atoms with Crippen LogP contribution in [0.25, 0.3) is 0 Å². The fourth-order valence-electron chi connectivity index (χ4n) is 3.95. The van der Waals surface area contributed by atoms with E-state index in [1.165, 1.54) is 0 Å². The van der Waals surface area contributed by atoms with E-state index in [2.05, 4.69) is 0 Å². The molecule has 6 nitrogen and oxygen atoms in total. The summed E-state index contributed by atoms with van der Waals surface area (Å²) in [6.45, 7) is 13.4. The maximum absolute atomic E-state index is 12.7. The average Bonchev–Trinajstić information content (AvgIpc) is 3.03. The van der Waals surface area contributed by atoms with Gasteiger partial charge in [-0.2, -0.15) is 0 Å². The van der Waals surface area contributed by atoms with Crippen LogP contribution in [0, 0.1) is 0 Å². The molecule has 3 rings (SSSR count). The Kier molecular flexibility index (Phi) is 8.16. The van der Waals surface area contributed by atoms with Crippen molar-refractivity contribution in [3.63, 3.8) is 0 Å². The van der Waals surface area contributed by atoms with Crippen molar-refractivity contribution in [1.82, 2.24) is 9.80 Å². The number of carbonyl (C=O) groups excluding carboxylic acids is 2. The van der Waals surface area contributed by atoms with Gasteiger partial charge < -0.3 is 14.4 Å². The van der Waals surface area contributed by atoms with Gasteiger partial charge in [0, 0.05) is 19.5 Å². The zero-order chi connectivity index (χ0) is 22.4. The van der Waals surface area contributed by atoms with E-state index in [0.29, 0.717) is 26.1 Å². The Balaban J connectivity index is 0.00000155. The maximum Gasteiger partial charge on any atom is 0.411 e. The monoisotopic (exact) mass is 418 g/mol. The van der Waals surface area contributed by atoms with Gasteiger partial charge in [0.1, 0.15) is 11.2 Å². The zero-order valence-corrected chi connectivity index (χ0v) is 19.4. The van der Waals surface area contributed by atoms with E-state index in [-0.39, 0.29) is 18.2 Å². The summed E-state index contributed by atoms with van der Waals surface area (Å²) in [5.74, 6) is 0. The summed E-state index contributed by atoms with van der Waals surface area (Å²) in [5, 5.41) is 0. The molecule has 2 aliphatic heterocycles. The van der Waals surface area contributed by atoms with Crippen LogP contribution in [0.4, 0.5) is 9.59 Å². The predicted octanol–water partition coefficient (Wildman–Crippen LogP) is 5.78. The lowest BCUT2D eigenvalue weighted by molar-refractivity contribution is 0.00303. The first kappa shape index (κ1) is 24.0. The normalized spacial score (nSPS) is 23.1. The number of benzene rings is 1. The molecule has 0 bridgehead atoms. The first-order chi connectivity index (χ1) is 14.2. The minimum absolute atomic E-state index is 0.0412. The SMILES string of the molecule is CC.C[C@H](c1ccccc1)N1CC2(CCCCN(C(=O)OC(C)(C)C)CC2)OC1=O. The molecule has 1 unspecified atom stereocenters. The molecular weight excluding hydrogens is 380 g/mol. The van der Waals surface area contributed by atoms with Gasteiger partial charge in [0.15, 0.2) is 0 Å². The molecule has 0 radical (unpaired) electrons. The summed E-state index contributed by atoms with van der Waals surface area (Å²) in [7, 11) is 0. The molecule has 0 aromatic heterocycles. The molecule has 1 spiro atoms. The van der Waals surface area contributed by atoms with Crippen molar-refractivity contribution in [2.75, 3.05) is 19.6 Å². The minimum atomic E-state index is -0.527. The fourth-order valence-corrected chi connectivity index (χ4v) is 3.95. The number of hydrogen-bond acceptors (Lipinski definition) is 4. The molecule has 0 N–H and O–H groups in total. The zero-order valence-electron chi connectivity index (χ0n) is 19.4. The van der Waals surface area contributed by atoms with Gasteiger partial charge in [-0.25, -0.2) is 9.59 Å². The van der Waals surface area contributed by atoms with Crippen LogP contribution in [-0.2, 0) is 9.47 Å². The van der Waals surface area contributed by atoms with Crippen molar-refractivity contribution >= 4 is 12.2 Å². The topological polar surface area (TPSA) is 59.1 Å².